The van der Waals surface area contributed by atoms with Gasteiger partial charge in [-0.2, -0.15) is 0 Å². The molecule has 0 radical (unpaired) electrons. The van der Waals surface area contributed by atoms with Crippen molar-refractivity contribution < 1.29 is 42.5 Å². The summed E-state index contributed by atoms with van der Waals surface area (Å²) in [4.78, 5) is 41.7. The van der Waals surface area contributed by atoms with Crippen LogP contribution in [0, 0.1) is 24.0 Å². The van der Waals surface area contributed by atoms with Gasteiger partial charge in [0, 0.05) is 48.3 Å². The highest BCUT2D eigenvalue weighted by molar-refractivity contribution is 6.05. The fraction of sp³-hybridized carbons (Fsp3) is 0.386. The van der Waals surface area contributed by atoms with Gasteiger partial charge in [0.15, 0.2) is 11.6 Å². The molecule has 2 aliphatic rings. The van der Waals surface area contributed by atoms with Gasteiger partial charge < -0.3 is 34.4 Å². The van der Waals surface area contributed by atoms with Crippen molar-refractivity contribution in [2.45, 2.75) is 85.2 Å². The van der Waals surface area contributed by atoms with Crippen molar-refractivity contribution in [3.05, 3.63) is 102 Å². The third-order valence-electron chi connectivity index (χ3n) is 9.97. The minimum atomic E-state index is -1.09. The standard InChI is InChI=1S/C44H49F2N3O7/c1-26-10-8-9-11-32(26)34-24-30(16-17-36(34)54-31-18-20-48(25-31)42(53)56-44(5,6)7)47-40(50)28-22-33(27-12-14-29(45)15-13-27)38(35(46)23-28)55-37-19-21-49(41(51)52)39(37)43(2,3)4/h8-17,22-24,31,37,39H,18-21,25H2,1-7H3,(H,47,50)(H,51,52)/t31-,37?,39?/m0/s1. The second-order valence-corrected chi connectivity index (χ2v) is 16.5. The average molecular weight is 770 g/mol. The van der Waals surface area contributed by atoms with Crippen LogP contribution in [0.5, 0.6) is 11.5 Å². The van der Waals surface area contributed by atoms with Crippen molar-refractivity contribution in [1.29, 1.82) is 0 Å². The molecule has 0 bridgehead atoms. The summed E-state index contributed by atoms with van der Waals surface area (Å²) in [5.74, 6) is -1.49. The van der Waals surface area contributed by atoms with Gasteiger partial charge in [-0.15, -0.1) is 0 Å². The van der Waals surface area contributed by atoms with E-state index in [-0.39, 0.29) is 29.5 Å². The zero-order chi connectivity index (χ0) is 40.5. The summed E-state index contributed by atoms with van der Waals surface area (Å²) in [6.45, 7) is 14.2. The van der Waals surface area contributed by atoms with Gasteiger partial charge in [-0.05, 0) is 92.3 Å². The van der Waals surface area contributed by atoms with Gasteiger partial charge in [0.05, 0.1) is 12.6 Å². The number of likely N-dealkylation sites (tertiary alicyclic amines) is 2. The molecule has 10 nitrogen and oxygen atoms in total. The lowest BCUT2D eigenvalue weighted by Gasteiger charge is -2.37. The molecule has 12 heteroatoms. The van der Waals surface area contributed by atoms with Crippen LogP contribution in [0.3, 0.4) is 0 Å². The first kappa shape index (κ1) is 40.0. The number of hydrogen-bond acceptors (Lipinski definition) is 6. The van der Waals surface area contributed by atoms with Crippen LogP contribution in [-0.2, 0) is 4.74 Å². The maximum absolute atomic E-state index is 16.3. The Bertz CT molecular complexity index is 2110. The molecule has 56 heavy (non-hydrogen) atoms. The van der Waals surface area contributed by atoms with Gasteiger partial charge in [-0.1, -0.05) is 57.2 Å². The molecule has 0 aliphatic carbocycles. The number of nitrogens with zero attached hydrogens (tertiary/aromatic N) is 2. The first-order valence-electron chi connectivity index (χ1n) is 18.8. The molecule has 2 fully saturated rings. The van der Waals surface area contributed by atoms with E-state index in [2.05, 4.69) is 5.32 Å². The summed E-state index contributed by atoms with van der Waals surface area (Å²) in [5, 5.41) is 12.8. The molecule has 6 rings (SSSR count). The van der Waals surface area contributed by atoms with E-state index in [0.717, 1.165) is 22.8 Å². The van der Waals surface area contributed by atoms with Gasteiger partial charge in [0.2, 0.25) is 0 Å². The molecule has 3 atom stereocenters. The Kier molecular flexibility index (Phi) is 11.3. The smallest absolute Gasteiger partial charge is 0.410 e. The number of amides is 3. The maximum Gasteiger partial charge on any atom is 0.410 e. The number of nitrogens with one attached hydrogen (secondary N) is 1. The fourth-order valence-electron chi connectivity index (χ4n) is 7.46. The minimum Gasteiger partial charge on any atom is -0.488 e. The summed E-state index contributed by atoms with van der Waals surface area (Å²) < 4.78 is 48.7. The summed E-state index contributed by atoms with van der Waals surface area (Å²) in [5.41, 5.74) is 2.50. The number of benzene rings is 4. The Morgan fingerprint density at radius 3 is 2.20 bits per heavy atom. The lowest BCUT2D eigenvalue weighted by molar-refractivity contribution is 0.0275. The molecule has 2 N–H and O–H groups in total. The van der Waals surface area contributed by atoms with E-state index >= 15 is 4.39 Å². The van der Waals surface area contributed by atoms with E-state index in [1.807, 2.05) is 72.7 Å². The van der Waals surface area contributed by atoms with Crippen molar-refractivity contribution >= 4 is 23.8 Å². The molecule has 0 aromatic heterocycles. The van der Waals surface area contributed by atoms with Gasteiger partial charge in [0.25, 0.3) is 5.91 Å². The lowest BCUT2D eigenvalue weighted by atomic mass is 9.83. The van der Waals surface area contributed by atoms with Crippen LogP contribution in [0.2, 0.25) is 0 Å². The summed E-state index contributed by atoms with van der Waals surface area (Å²) in [6, 6.07) is 20.5. The number of carboxylic acid groups (broad SMARTS) is 1. The predicted octanol–water partition coefficient (Wildman–Crippen LogP) is 9.79. The first-order valence-corrected chi connectivity index (χ1v) is 18.8. The number of rotatable bonds is 8. The molecule has 2 unspecified atom stereocenters. The highest BCUT2D eigenvalue weighted by Gasteiger charge is 2.46. The van der Waals surface area contributed by atoms with Crippen molar-refractivity contribution in [2.24, 2.45) is 5.41 Å². The van der Waals surface area contributed by atoms with Crippen LogP contribution in [0.15, 0.2) is 78.9 Å². The van der Waals surface area contributed by atoms with E-state index in [9.17, 15) is 23.9 Å². The molecule has 3 amide bonds. The molecule has 0 saturated carbocycles. The number of carbonyl (C=O) groups excluding carboxylic acids is 2. The zero-order valence-electron chi connectivity index (χ0n) is 32.8. The normalized spacial score (nSPS) is 18.5. The highest BCUT2D eigenvalue weighted by Crippen LogP contribution is 2.41. The van der Waals surface area contributed by atoms with Crippen LogP contribution in [0.25, 0.3) is 22.3 Å². The maximum atomic E-state index is 16.3. The molecular formula is C44H49F2N3O7. The Morgan fingerprint density at radius 1 is 0.821 bits per heavy atom. The third kappa shape index (κ3) is 9.07. The predicted molar refractivity (Wildman–Crippen MR) is 210 cm³/mol. The van der Waals surface area contributed by atoms with E-state index in [0.29, 0.717) is 42.9 Å². The topological polar surface area (TPSA) is 118 Å². The van der Waals surface area contributed by atoms with Crippen molar-refractivity contribution in [3.8, 4) is 33.8 Å². The Hall–Kier alpha value is -5.65. The summed E-state index contributed by atoms with van der Waals surface area (Å²) in [6.07, 6.45) is -1.49. The van der Waals surface area contributed by atoms with Crippen LogP contribution in [0.1, 0.15) is 70.3 Å². The quantitative estimate of drug-likeness (QED) is 0.183. The molecule has 2 aliphatic heterocycles. The molecule has 0 spiro atoms. The zero-order valence-corrected chi connectivity index (χ0v) is 32.8. The van der Waals surface area contributed by atoms with Crippen molar-refractivity contribution in [1.82, 2.24) is 9.80 Å². The number of anilines is 1. The van der Waals surface area contributed by atoms with Gasteiger partial charge in [-0.25, -0.2) is 18.4 Å². The van der Waals surface area contributed by atoms with E-state index < -0.39 is 52.9 Å². The van der Waals surface area contributed by atoms with Crippen molar-refractivity contribution in [2.75, 3.05) is 25.0 Å². The number of halogens is 2. The van der Waals surface area contributed by atoms with E-state index in [1.54, 1.807) is 23.1 Å². The van der Waals surface area contributed by atoms with Crippen LogP contribution < -0.4 is 14.8 Å². The largest absolute Gasteiger partial charge is 0.488 e. The second kappa shape index (κ2) is 15.8. The van der Waals surface area contributed by atoms with E-state index in [1.165, 1.54) is 35.2 Å². The molecule has 4 aromatic rings. The molecule has 4 aromatic carbocycles. The summed E-state index contributed by atoms with van der Waals surface area (Å²) in [7, 11) is 0. The van der Waals surface area contributed by atoms with Crippen LogP contribution in [0.4, 0.5) is 24.1 Å². The summed E-state index contributed by atoms with van der Waals surface area (Å²) >= 11 is 0. The monoisotopic (exact) mass is 769 g/mol. The molecule has 2 saturated heterocycles. The number of hydrogen-bond donors (Lipinski definition) is 2. The number of aryl methyl sites for hydroxylation is 1. The number of carbonyl (C=O) groups is 3. The third-order valence-corrected chi connectivity index (χ3v) is 9.97. The van der Waals surface area contributed by atoms with Gasteiger partial charge in [-0.3, -0.25) is 4.79 Å². The van der Waals surface area contributed by atoms with Gasteiger partial charge >= 0.3 is 12.2 Å². The second-order valence-electron chi connectivity index (χ2n) is 16.5. The van der Waals surface area contributed by atoms with Crippen LogP contribution >= 0.6 is 0 Å². The Balaban J connectivity index is 1.29. The minimum absolute atomic E-state index is 0.00825. The highest BCUT2D eigenvalue weighted by atomic mass is 19.1. The fourth-order valence-corrected chi connectivity index (χ4v) is 7.46. The van der Waals surface area contributed by atoms with E-state index in [4.69, 9.17) is 14.2 Å². The number of ether oxygens (including phenoxy) is 3. The lowest BCUT2D eigenvalue weighted by Crippen LogP contribution is -2.48. The Morgan fingerprint density at radius 2 is 1.54 bits per heavy atom. The molecule has 2 heterocycles. The Labute approximate surface area is 326 Å². The molecule has 296 valence electrons. The molecular weight excluding hydrogens is 720 g/mol. The first-order chi connectivity index (χ1) is 26.4. The SMILES string of the molecule is Cc1ccccc1-c1cc(NC(=O)c2cc(F)c(OC3CCN(C(=O)O)C3C(C)(C)C)c(-c3ccc(F)cc3)c2)ccc1O[C@H]1CCN(C(=O)OC(C)(C)C)C1. The van der Waals surface area contributed by atoms with Crippen molar-refractivity contribution in [3.63, 3.8) is 0 Å². The average Bonchev–Trinajstić information content (AvgIpc) is 3.78. The van der Waals surface area contributed by atoms with Gasteiger partial charge in [0.1, 0.15) is 29.4 Å². The van der Waals surface area contributed by atoms with Crippen LogP contribution in [-0.4, -0.2) is 76.5 Å².